The van der Waals surface area contributed by atoms with Crippen LogP contribution in [0.5, 0.6) is 0 Å². The van der Waals surface area contributed by atoms with Crippen molar-refractivity contribution in [3.05, 3.63) is 17.0 Å². The van der Waals surface area contributed by atoms with E-state index in [0.717, 1.165) is 11.3 Å². The van der Waals surface area contributed by atoms with Gasteiger partial charge in [0, 0.05) is 24.6 Å². The van der Waals surface area contributed by atoms with Gasteiger partial charge >= 0.3 is 0 Å². The van der Waals surface area contributed by atoms with Gasteiger partial charge in [0.25, 0.3) is 0 Å². The van der Waals surface area contributed by atoms with Gasteiger partial charge in [-0.25, -0.2) is 0 Å². The summed E-state index contributed by atoms with van der Waals surface area (Å²) in [5.74, 6) is 0.506. The van der Waals surface area contributed by atoms with Crippen molar-refractivity contribution < 1.29 is 14.1 Å². The highest BCUT2D eigenvalue weighted by Crippen LogP contribution is 2.12. The van der Waals surface area contributed by atoms with Gasteiger partial charge in [0.05, 0.1) is 12.1 Å². The summed E-state index contributed by atoms with van der Waals surface area (Å²) in [6.45, 7) is 8.09. The molecule has 0 bridgehead atoms. The Morgan fingerprint density at radius 3 is 2.37 bits per heavy atom. The fraction of sp³-hybridized carbons (Fsp3) is 0.615. The third-order valence-corrected chi connectivity index (χ3v) is 2.79. The number of rotatable bonds is 6. The molecule has 0 aliphatic heterocycles. The molecule has 0 spiro atoms. The molecule has 0 saturated carbocycles. The molecule has 0 unspecified atom stereocenters. The van der Waals surface area contributed by atoms with Crippen molar-refractivity contribution >= 4 is 11.8 Å². The van der Waals surface area contributed by atoms with Crippen LogP contribution in [0.15, 0.2) is 4.52 Å². The molecule has 0 fully saturated rings. The minimum absolute atomic E-state index is 0.0139. The molecule has 6 heteroatoms. The Hall–Kier alpha value is -1.85. The van der Waals surface area contributed by atoms with E-state index in [1.54, 1.807) is 6.92 Å². The third kappa shape index (κ3) is 4.73. The molecule has 6 nitrogen and oxygen atoms in total. The van der Waals surface area contributed by atoms with E-state index in [0.29, 0.717) is 18.8 Å². The minimum Gasteiger partial charge on any atom is -0.361 e. The molecule has 2 amide bonds. The average Bonchev–Trinajstić information content (AvgIpc) is 2.66. The lowest BCUT2D eigenvalue weighted by molar-refractivity contribution is -0.124. The van der Waals surface area contributed by atoms with Gasteiger partial charge in [-0.3, -0.25) is 9.59 Å². The Morgan fingerprint density at radius 1 is 1.21 bits per heavy atom. The fourth-order valence-electron chi connectivity index (χ4n) is 1.57. The van der Waals surface area contributed by atoms with Crippen molar-refractivity contribution in [3.63, 3.8) is 0 Å². The summed E-state index contributed by atoms with van der Waals surface area (Å²) in [5.41, 5.74) is 1.56. The van der Waals surface area contributed by atoms with E-state index in [2.05, 4.69) is 15.8 Å². The van der Waals surface area contributed by atoms with Gasteiger partial charge in [-0.05, 0) is 13.8 Å². The largest absolute Gasteiger partial charge is 0.361 e. The average molecular weight is 267 g/mol. The van der Waals surface area contributed by atoms with E-state index in [9.17, 15) is 9.59 Å². The molecule has 1 aromatic rings. The van der Waals surface area contributed by atoms with Gasteiger partial charge in [0.1, 0.15) is 5.76 Å². The Balaban J connectivity index is 2.28. The molecule has 0 atom stereocenters. The Kier molecular flexibility index (Phi) is 5.54. The second kappa shape index (κ2) is 6.92. The summed E-state index contributed by atoms with van der Waals surface area (Å²) in [6, 6.07) is 0. The summed E-state index contributed by atoms with van der Waals surface area (Å²) in [6.07, 6.45) is 0.249. The highest BCUT2D eigenvalue weighted by atomic mass is 16.5. The molecular formula is C13H21N3O3. The smallest absolute Gasteiger partial charge is 0.224 e. The Bertz CT molecular complexity index is 432. The van der Waals surface area contributed by atoms with Gasteiger partial charge in [-0.1, -0.05) is 19.0 Å². The van der Waals surface area contributed by atoms with E-state index < -0.39 is 0 Å². The monoisotopic (exact) mass is 267 g/mol. The number of nitrogens with zero attached hydrogens (tertiary/aromatic N) is 1. The van der Waals surface area contributed by atoms with Crippen molar-refractivity contribution in [2.75, 3.05) is 13.1 Å². The van der Waals surface area contributed by atoms with E-state index in [-0.39, 0.29) is 24.2 Å². The van der Waals surface area contributed by atoms with Gasteiger partial charge in [-0.2, -0.15) is 0 Å². The first-order chi connectivity index (χ1) is 8.91. The van der Waals surface area contributed by atoms with Crippen molar-refractivity contribution in [1.29, 1.82) is 0 Å². The molecule has 0 radical (unpaired) electrons. The minimum atomic E-state index is -0.104. The van der Waals surface area contributed by atoms with Gasteiger partial charge in [0.15, 0.2) is 0 Å². The number of carbonyl (C=O) groups is 2. The van der Waals surface area contributed by atoms with Crippen LogP contribution in [0.3, 0.4) is 0 Å². The molecule has 19 heavy (non-hydrogen) atoms. The van der Waals surface area contributed by atoms with Crippen LogP contribution < -0.4 is 10.6 Å². The Morgan fingerprint density at radius 2 is 1.84 bits per heavy atom. The highest BCUT2D eigenvalue weighted by molar-refractivity contribution is 5.79. The number of hydrogen-bond acceptors (Lipinski definition) is 4. The first-order valence-electron chi connectivity index (χ1n) is 6.38. The number of aromatic nitrogens is 1. The maximum atomic E-state index is 11.7. The van der Waals surface area contributed by atoms with E-state index in [1.165, 1.54) is 0 Å². The zero-order valence-electron chi connectivity index (χ0n) is 11.9. The fourth-order valence-corrected chi connectivity index (χ4v) is 1.57. The number of carbonyl (C=O) groups excluding carboxylic acids is 2. The molecule has 0 saturated heterocycles. The summed E-state index contributed by atoms with van der Waals surface area (Å²) in [5, 5.41) is 9.28. The molecule has 2 N–H and O–H groups in total. The second-order valence-corrected chi connectivity index (χ2v) is 4.78. The SMILES string of the molecule is Cc1noc(C)c1CC(=O)NCCNC(=O)C(C)C. The van der Waals surface area contributed by atoms with Crippen LogP contribution in [0.25, 0.3) is 0 Å². The summed E-state index contributed by atoms with van der Waals surface area (Å²) in [4.78, 5) is 23.0. The number of amides is 2. The molecule has 1 aromatic heterocycles. The molecular weight excluding hydrogens is 246 g/mol. The molecule has 0 aromatic carbocycles. The van der Waals surface area contributed by atoms with Crippen LogP contribution in [0, 0.1) is 19.8 Å². The lowest BCUT2D eigenvalue weighted by Crippen LogP contribution is -2.36. The maximum Gasteiger partial charge on any atom is 0.224 e. The van der Waals surface area contributed by atoms with Crippen LogP contribution in [0.2, 0.25) is 0 Å². The standard InChI is InChI=1S/C13H21N3O3/c1-8(2)13(18)15-6-5-14-12(17)7-11-9(3)16-19-10(11)4/h8H,5-7H2,1-4H3,(H,14,17)(H,15,18). The number of aryl methyl sites for hydroxylation is 2. The normalized spacial score (nSPS) is 10.6. The summed E-state index contributed by atoms with van der Waals surface area (Å²) < 4.78 is 4.99. The van der Waals surface area contributed by atoms with Crippen LogP contribution in [0.1, 0.15) is 30.9 Å². The zero-order valence-corrected chi connectivity index (χ0v) is 11.9. The van der Waals surface area contributed by atoms with E-state index >= 15 is 0 Å². The number of hydrogen-bond donors (Lipinski definition) is 2. The van der Waals surface area contributed by atoms with Crippen LogP contribution in [-0.2, 0) is 16.0 Å². The summed E-state index contributed by atoms with van der Waals surface area (Å²) >= 11 is 0. The predicted octanol–water partition coefficient (Wildman–Crippen LogP) is 0.722. The lowest BCUT2D eigenvalue weighted by Gasteiger charge is -2.08. The maximum absolute atomic E-state index is 11.7. The molecule has 0 aliphatic carbocycles. The quantitative estimate of drug-likeness (QED) is 0.744. The predicted molar refractivity (Wildman–Crippen MR) is 70.5 cm³/mol. The molecule has 106 valence electrons. The van der Waals surface area contributed by atoms with Crippen molar-refractivity contribution in [1.82, 2.24) is 15.8 Å². The topological polar surface area (TPSA) is 84.2 Å². The number of nitrogens with one attached hydrogen (secondary N) is 2. The molecule has 0 aliphatic rings. The van der Waals surface area contributed by atoms with E-state index in [1.807, 2.05) is 20.8 Å². The molecule has 1 heterocycles. The second-order valence-electron chi connectivity index (χ2n) is 4.78. The zero-order chi connectivity index (χ0) is 14.4. The highest BCUT2D eigenvalue weighted by Gasteiger charge is 2.13. The lowest BCUT2D eigenvalue weighted by atomic mass is 10.1. The van der Waals surface area contributed by atoms with Crippen LogP contribution >= 0.6 is 0 Å². The van der Waals surface area contributed by atoms with Crippen molar-refractivity contribution in [2.45, 2.75) is 34.1 Å². The van der Waals surface area contributed by atoms with Crippen LogP contribution in [0.4, 0.5) is 0 Å². The van der Waals surface area contributed by atoms with Gasteiger partial charge in [-0.15, -0.1) is 0 Å². The van der Waals surface area contributed by atoms with Crippen molar-refractivity contribution in [2.24, 2.45) is 5.92 Å². The van der Waals surface area contributed by atoms with Crippen molar-refractivity contribution in [3.8, 4) is 0 Å². The molecule has 1 rings (SSSR count). The van der Waals surface area contributed by atoms with Gasteiger partial charge in [0.2, 0.25) is 11.8 Å². The first-order valence-corrected chi connectivity index (χ1v) is 6.38. The summed E-state index contributed by atoms with van der Waals surface area (Å²) in [7, 11) is 0. The third-order valence-electron chi connectivity index (χ3n) is 2.79. The Labute approximate surface area is 112 Å². The van der Waals surface area contributed by atoms with Gasteiger partial charge < -0.3 is 15.2 Å². The van der Waals surface area contributed by atoms with Crippen LogP contribution in [-0.4, -0.2) is 30.1 Å². The van der Waals surface area contributed by atoms with E-state index in [4.69, 9.17) is 4.52 Å². The first kappa shape index (κ1) is 15.2.